The molecule has 2 aromatic heterocycles. The minimum atomic E-state index is -0.459. The molecule has 7 heteroatoms. The Bertz CT molecular complexity index is 1280. The van der Waals surface area contributed by atoms with E-state index in [1.165, 1.54) is 5.56 Å². The molecule has 0 unspecified atom stereocenters. The van der Waals surface area contributed by atoms with Crippen LogP contribution in [-0.2, 0) is 19.5 Å². The third kappa shape index (κ3) is 3.53. The van der Waals surface area contributed by atoms with Crippen LogP contribution < -0.4 is 16.4 Å². The molecule has 0 bridgehead atoms. The zero-order valence-corrected chi connectivity index (χ0v) is 17.3. The number of carbonyl (C=O) groups excluding carboxylic acids is 1. The van der Waals surface area contributed by atoms with Gasteiger partial charge < -0.3 is 21.4 Å². The number of H-pyrrole nitrogens is 1. The van der Waals surface area contributed by atoms with Crippen molar-refractivity contribution in [1.82, 2.24) is 20.3 Å². The number of nitrogens with one attached hydrogen (secondary N) is 3. The Morgan fingerprint density at radius 1 is 1.13 bits per heavy atom. The first-order valence-electron chi connectivity index (χ1n) is 10.4. The lowest BCUT2D eigenvalue weighted by Crippen LogP contribution is -2.26. The van der Waals surface area contributed by atoms with Crippen molar-refractivity contribution in [3.63, 3.8) is 0 Å². The van der Waals surface area contributed by atoms with Crippen LogP contribution in [-0.4, -0.2) is 27.4 Å². The number of hydrogen-bond acceptors (Lipinski definition) is 5. The van der Waals surface area contributed by atoms with Crippen molar-refractivity contribution >= 4 is 22.6 Å². The second-order valence-electron chi connectivity index (χ2n) is 7.80. The number of fused-ring (bicyclic) bond motifs is 2. The molecule has 4 aromatic rings. The Morgan fingerprint density at radius 3 is 2.77 bits per heavy atom. The molecule has 31 heavy (non-hydrogen) atoms. The number of nitrogens with zero attached hydrogens (tertiary/aromatic N) is 2. The van der Waals surface area contributed by atoms with Gasteiger partial charge in [-0.25, -0.2) is 9.97 Å². The van der Waals surface area contributed by atoms with Crippen LogP contribution in [0, 0.1) is 6.92 Å². The SMILES string of the molecule is Cc1[nH]c2c(C(N)=O)cccc2c1-c1nc2c(c(NCc3ccccc3)n1)CCNC2. The van der Waals surface area contributed by atoms with Gasteiger partial charge in [-0.1, -0.05) is 42.5 Å². The molecule has 0 saturated carbocycles. The summed E-state index contributed by atoms with van der Waals surface area (Å²) in [5.74, 6) is 1.05. The van der Waals surface area contributed by atoms with Gasteiger partial charge in [0.1, 0.15) is 5.82 Å². The van der Waals surface area contributed by atoms with Crippen molar-refractivity contribution in [3.05, 3.63) is 76.6 Å². The maximum atomic E-state index is 11.9. The second kappa shape index (κ2) is 7.85. The Morgan fingerprint density at radius 2 is 1.97 bits per heavy atom. The van der Waals surface area contributed by atoms with Crippen LogP contribution in [0.4, 0.5) is 5.82 Å². The van der Waals surface area contributed by atoms with E-state index in [2.05, 4.69) is 27.8 Å². The van der Waals surface area contributed by atoms with E-state index in [0.29, 0.717) is 24.5 Å². The number of anilines is 1. The lowest BCUT2D eigenvalue weighted by Gasteiger charge is -2.21. The predicted octanol–water partition coefficient (Wildman–Crippen LogP) is 3.29. The van der Waals surface area contributed by atoms with Gasteiger partial charge in [-0.2, -0.15) is 0 Å². The first-order valence-corrected chi connectivity index (χ1v) is 10.4. The van der Waals surface area contributed by atoms with E-state index in [0.717, 1.165) is 52.2 Å². The van der Waals surface area contributed by atoms with E-state index >= 15 is 0 Å². The monoisotopic (exact) mass is 412 g/mol. The summed E-state index contributed by atoms with van der Waals surface area (Å²) >= 11 is 0. The maximum Gasteiger partial charge on any atom is 0.250 e. The first-order chi connectivity index (χ1) is 15.1. The molecular formula is C24H24N6O. The third-order valence-electron chi connectivity index (χ3n) is 5.75. The zero-order valence-electron chi connectivity index (χ0n) is 17.3. The number of aromatic amines is 1. The molecule has 0 atom stereocenters. The van der Waals surface area contributed by atoms with Crippen LogP contribution >= 0.6 is 0 Å². The molecule has 0 fully saturated rings. The normalized spacial score (nSPS) is 13.2. The van der Waals surface area contributed by atoms with E-state index < -0.39 is 5.91 Å². The Balaban J connectivity index is 1.62. The molecule has 1 aliphatic rings. The molecule has 156 valence electrons. The number of rotatable bonds is 5. The van der Waals surface area contributed by atoms with Crippen molar-refractivity contribution in [2.24, 2.45) is 5.73 Å². The van der Waals surface area contributed by atoms with Crippen molar-refractivity contribution in [2.45, 2.75) is 26.4 Å². The summed E-state index contributed by atoms with van der Waals surface area (Å²) in [5, 5.41) is 7.82. The molecule has 0 aliphatic carbocycles. The minimum Gasteiger partial charge on any atom is -0.366 e. The van der Waals surface area contributed by atoms with Crippen LogP contribution in [0.1, 0.15) is 32.9 Å². The number of aromatic nitrogens is 3. The number of hydrogen-bond donors (Lipinski definition) is 4. The second-order valence-corrected chi connectivity index (χ2v) is 7.80. The van der Waals surface area contributed by atoms with E-state index in [1.54, 1.807) is 6.07 Å². The van der Waals surface area contributed by atoms with Crippen LogP contribution in [0.2, 0.25) is 0 Å². The predicted molar refractivity (Wildman–Crippen MR) is 122 cm³/mol. The van der Waals surface area contributed by atoms with Crippen LogP contribution in [0.5, 0.6) is 0 Å². The highest BCUT2D eigenvalue weighted by molar-refractivity contribution is 6.09. The molecule has 1 aliphatic heterocycles. The van der Waals surface area contributed by atoms with Gasteiger partial charge in [0.2, 0.25) is 0 Å². The van der Waals surface area contributed by atoms with Crippen LogP contribution in [0.3, 0.4) is 0 Å². The van der Waals surface area contributed by atoms with Crippen LogP contribution in [0.25, 0.3) is 22.3 Å². The summed E-state index contributed by atoms with van der Waals surface area (Å²) in [5.41, 5.74) is 11.9. The Kier molecular flexibility index (Phi) is 4.88. The number of nitrogens with two attached hydrogens (primary N) is 1. The summed E-state index contributed by atoms with van der Waals surface area (Å²) in [6.07, 6.45) is 0.880. The summed E-state index contributed by atoms with van der Waals surface area (Å²) in [6, 6.07) is 15.8. The summed E-state index contributed by atoms with van der Waals surface area (Å²) < 4.78 is 0. The minimum absolute atomic E-state index is 0.459. The molecule has 0 saturated heterocycles. The number of benzene rings is 2. The molecule has 1 amide bonds. The van der Waals surface area contributed by atoms with Crippen molar-refractivity contribution < 1.29 is 4.79 Å². The van der Waals surface area contributed by atoms with Gasteiger partial charge in [0.05, 0.1) is 16.8 Å². The van der Waals surface area contributed by atoms with E-state index in [1.807, 2.05) is 37.3 Å². The van der Waals surface area contributed by atoms with Gasteiger partial charge in [-0.05, 0) is 31.5 Å². The number of carbonyl (C=O) groups is 1. The van der Waals surface area contributed by atoms with Gasteiger partial charge in [0, 0.05) is 35.3 Å². The zero-order chi connectivity index (χ0) is 21.4. The fourth-order valence-electron chi connectivity index (χ4n) is 4.24. The quantitative estimate of drug-likeness (QED) is 0.402. The van der Waals surface area contributed by atoms with E-state index in [9.17, 15) is 4.79 Å². The highest BCUT2D eigenvalue weighted by Gasteiger charge is 2.22. The van der Waals surface area contributed by atoms with Gasteiger partial charge in [-0.3, -0.25) is 4.79 Å². The summed E-state index contributed by atoms with van der Waals surface area (Å²) in [6.45, 7) is 4.27. The fourth-order valence-corrected chi connectivity index (χ4v) is 4.24. The maximum absolute atomic E-state index is 11.9. The van der Waals surface area contributed by atoms with Gasteiger partial charge in [0.25, 0.3) is 5.91 Å². The molecule has 0 spiro atoms. The fraction of sp³-hybridized carbons (Fsp3) is 0.208. The van der Waals surface area contributed by atoms with Gasteiger partial charge in [-0.15, -0.1) is 0 Å². The summed E-state index contributed by atoms with van der Waals surface area (Å²) in [7, 11) is 0. The number of primary amides is 1. The average molecular weight is 412 g/mol. The van der Waals surface area contributed by atoms with Gasteiger partial charge in [0.15, 0.2) is 5.82 Å². The number of para-hydroxylation sites is 1. The molecule has 2 aromatic carbocycles. The molecular weight excluding hydrogens is 388 g/mol. The topological polar surface area (TPSA) is 109 Å². The standard InChI is InChI=1S/C24H24N6O/c1-14-20(17-8-5-9-18(22(25)31)21(17)28-14)24-29-19-13-26-11-10-16(19)23(30-24)27-12-15-6-3-2-4-7-15/h2-9,26,28H,10-13H2,1H3,(H2,25,31)(H,27,29,30). The lowest BCUT2D eigenvalue weighted by atomic mass is 10.0. The third-order valence-corrected chi connectivity index (χ3v) is 5.75. The van der Waals surface area contributed by atoms with E-state index in [-0.39, 0.29) is 0 Å². The summed E-state index contributed by atoms with van der Waals surface area (Å²) in [4.78, 5) is 25.1. The van der Waals surface area contributed by atoms with E-state index in [4.69, 9.17) is 15.7 Å². The number of amides is 1. The van der Waals surface area contributed by atoms with Crippen molar-refractivity contribution in [3.8, 4) is 11.4 Å². The molecule has 5 N–H and O–H groups in total. The Labute approximate surface area is 180 Å². The molecule has 0 radical (unpaired) electrons. The smallest absolute Gasteiger partial charge is 0.250 e. The molecule has 3 heterocycles. The van der Waals surface area contributed by atoms with Crippen LogP contribution in [0.15, 0.2) is 48.5 Å². The number of aryl methyl sites for hydroxylation is 1. The highest BCUT2D eigenvalue weighted by atomic mass is 16.1. The molecule has 5 rings (SSSR count). The van der Waals surface area contributed by atoms with Crippen molar-refractivity contribution in [2.75, 3.05) is 11.9 Å². The Hall–Kier alpha value is -3.71. The average Bonchev–Trinajstić information content (AvgIpc) is 3.13. The first kappa shape index (κ1) is 19.3. The molecule has 7 nitrogen and oxygen atoms in total. The van der Waals surface area contributed by atoms with Gasteiger partial charge >= 0.3 is 0 Å². The van der Waals surface area contributed by atoms with Crippen molar-refractivity contribution in [1.29, 1.82) is 0 Å². The lowest BCUT2D eigenvalue weighted by molar-refractivity contribution is 0.100. The largest absolute Gasteiger partial charge is 0.366 e. The highest BCUT2D eigenvalue weighted by Crippen LogP contribution is 2.34.